The SMILES string of the molecule is CC1CCC1C1(C)C2CCC13C(C)C3(C)C2(C)C. The fourth-order valence-corrected chi connectivity index (χ4v) is 8.44. The monoisotopic (exact) mass is 246 g/mol. The van der Waals surface area contributed by atoms with Crippen molar-refractivity contribution < 1.29 is 0 Å². The van der Waals surface area contributed by atoms with Crippen LogP contribution in [0.3, 0.4) is 0 Å². The van der Waals surface area contributed by atoms with E-state index in [1.165, 1.54) is 19.3 Å². The summed E-state index contributed by atoms with van der Waals surface area (Å²) in [6.45, 7) is 15.6. The number of hydrogen-bond donors (Lipinski definition) is 0. The summed E-state index contributed by atoms with van der Waals surface area (Å²) in [6.07, 6.45) is 6.08. The van der Waals surface area contributed by atoms with Crippen LogP contribution in [0.15, 0.2) is 0 Å². The molecular formula is C18H30. The predicted molar refractivity (Wildman–Crippen MR) is 76.2 cm³/mol. The maximum atomic E-state index is 2.71. The zero-order chi connectivity index (χ0) is 13.1. The Bertz CT molecular complexity index is 422. The molecule has 0 heterocycles. The average molecular weight is 246 g/mol. The zero-order valence-corrected chi connectivity index (χ0v) is 13.1. The van der Waals surface area contributed by atoms with Gasteiger partial charge in [0.2, 0.25) is 0 Å². The van der Waals surface area contributed by atoms with Crippen molar-refractivity contribution in [3.63, 3.8) is 0 Å². The third-order valence-electron chi connectivity index (χ3n) is 9.56. The second-order valence-electron chi connectivity index (χ2n) is 9.15. The van der Waals surface area contributed by atoms with Crippen molar-refractivity contribution in [3.05, 3.63) is 0 Å². The van der Waals surface area contributed by atoms with E-state index in [1.54, 1.807) is 6.42 Å². The van der Waals surface area contributed by atoms with Crippen LogP contribution in [0.4, 0.5) is 0 Å². The van der Waals surface area contributed by atoms with Gasteiger partial charge in [0.25, 0.3) is 0 Å². The number of fused-ring (bicyclic) bond motifs is 1. The molecule has 102 valence electrons. The van der Waals surface area contributed by atoms with Gasteiger partial charge in [-0.2, -0.15) is 0 Å². The Kier molecular flexibility index (Phi) is 1.78. The Morgan fingerprint density at radius 2 is 1.56 bits per heavy atom. The quantitative estimate of drug-likeness (QED) is 0.601. The number of rotatable bonds is 1. The first-order valence-corrected chi connectivity index (χ1v) is 8.26. The molecule has 0 aromatic rings. The highest BCUT2D eigenvalue weighted by molar-refractivity contribution is 5.39. The topological polar surface area (TPSA) is 0 Å². The standard InChI is InChI=1S/C18H30/c1-11-7-8-13(11)16(5)14-9-10-18(16)12(2)17(18,6)15(14,3)4/h11-14H,7-10H2,1-6H3. The molecule has 4 aliphatic rings. The summed E-state index contributed by atoms with van der Waals surface area (Å²) in [5.41, 5.74) is 2.61. The third kappa shape index (κ3) is 0.735. The molecular weight excluding hydrogens is 216 g/mol. The molecule has 18 heavy (non-hydrogen) atoms. The van der Waals surface area contributed by atoms with Crippen molar-refractivity contribution in [1.29, 1.82) is 0 Å². The lowest BCUT2D eigenvalue weighted by molar-refractivity contribution is -0.0428. The van der Waals surface area contributed by atoms with Crippen molar-refractivity contribution in [3.8, 4) is 0 Å². The highest BCUT2D eigenvalue weighted by Crippen LogP contribution is 2.97. The molecule has 4 fully saturated rings. The van der Waals surface area contributed by atoms with E-state index in [0.717, 1.165) is 23.7 Å². The van der Waals surface area contributed by atoms with Crippen LogP contribution in [0.5, 0.6) is 0 Å². The van der Waals surface area contributed by atoms with Crippen LogP contribution in [0.25, 0.3) is 0 Å². The summed E-state index contributed by atoms with van der Waals surface area (Å²) in [5.74, 6) is 4.00. The fourth-order valence-electron chi connectivity index (χ4n) is 8.44. The zero-order valence-electron chi connectivity index (χ0n) is 13.1. The molecule has 0 aliphatic heterocycles. The first-order valence-electron chi connectivity index (χ1n) is 8.26. The molecule has 0 aromatic heterocycles. The summed E-state index contributed by atoms with van der Waals surface area (Å²) in [6, 6.07) is 0. The molecule has 4 aliphatic carbocycles. The average Bonchev–Trinajstić information content (AvgIpc) is 2.60. The lowest BCUT2D eigenvalue weighted by atomic mass is 9.52. The first kappa shape index (κ1) is 11.8. The minimum atomic E-state index is 0.578. The first-order chi connectivity index (χ1) is 8.26. The van der Waals surface area contributed by atoms with E-state index in [1.807, 2.05) is 0 Å². The van der Waals surface area contributed by atoms with Crippen LogP contribution in [-0.2, 0) is 0 Å². The van der Waals surface area contributed by atoms with Gasteiger partial charge in [0.15, 0.2) is 0 Å². The molecule has 0 amide bonds. The van der Waals surface area contributed by atoms with E-state index < -0.39 is 0 Å². The van der Waals surface area contributed by atoms with E-state index in [2.05, 4.69) is 41.5 Å². The van der Waals surface area contributed by atoms with Gasteiger partial charge in [-0.05, 0) is 64.6 Å². The Morgan fingerprint density at radius 1 is 0.889 bits per heavy atom. The highest BCUT2D eigenvalue weighted by Gasteiger charge is 2.92. The van der Waals surface area contributed by atoms with Gasteiger partial charge in [0.1, 0.15) is 0 Å². The van der Waals surface area contributed by atoms with Gasteiger partial charge in [-0.15, -0.1) is 0 Å². The van der Waals surface area contributed by atoms with Crippen molar-refractivity contribution in [1.82, 2.24) is 0 Å². The Labute approximate surface area is 113 Å². The molecule has 0 nitrogen and oxygen atoms in total. The molecule has 0 saturated heterocycles. The fraction of sp³-hybridized carbons (Fsp3) is 1.00. The van der Waals surface area contributed by atoms with Crippen LogP contribution in [-0.4, -0.2) is 0 Å². The minimum absolute atomic E-state index is 0.578. The molecule has 7 unspecified atom stereocenters. The second-order valence-corrected chi connectivity index (χ2v) is 9.15. The molecule has 0 aromatic carbocycles. The van der Waals surface area contributed by atoms with E-state index in [0.29, 0.717) is 21.7 Å². The van der Waals surface area contributed by atoms with E-state index >= 15 is 0 Å². The lowest BCUT2D eigenvalue weighted by Gasteiger charge is -2.52. The minimum Gasteiger partial charge on any atom is -0.0622 e. The van der Waals surface area contributed by atoms with Gasteiger partial charge in [-0.3, -0.25) is 0 Å². The van der Waals surface area contributed by atoms with Crippen LogP contribution in [0.1, 0.15) is 67.2 Å². The maximum Gasteiger partial charge on any atom is -0.0145 e. The van der Waals surface area contributed by atoms with Gasteiger partial charge >= 0.3 is 0 Å². The van der Waals surface area contributed by atoms with Crippen LogP contribution < -0.4 is 0 Å². The number of hydrogen-bond acceptors (Lipinski definition) is 0. The predicted octanol–water partition coefficient (Wildman–Crippen LogP) is 5.13. The smallest absolute Gasteiger partial charge is 0.0145 e. The summed E-state index contributed by atoms with van der Waals surface area (Å²) in [7, 11) is 0. The Hall–Kier alpha value is 0. The summed E-state index contributed by atoms with van der Waals surface area (Å²) < 4.78 is 0. The van der Waals surface area contributed by atoms with Crippen LogP contribution in [0, 0.1) is 45.3 Å². The van der Waals surface area contributed by atoms with Crippen molar-refractivity contribution in [2.45, 2.75) is 67.2 Å². The summed E-state index contributed by atoms with van der Waals surface area (Å²) in [5, 5.41) is 0. The molecule has 7 atom stereocenters. The third-order valence-corrected chi connectivity index (χ3v) is 9.56. The van der Waals surface area contributed by atoms with Gasteiger partial charge < -0.3 is 0 Å². The molecule has 0 heteroatoms. The molecule has 4 rings (SSSR count). The van der Waals surface area contributed by atoms with Crippen molar-refractivity contribution in [2.24, 2.45) is 45.3 Å². The summed E-state index contributed by atoms with van der Waals surface area (Å²) >= 11 is 0. The molecule has 4 saturated carbocycles. The Morgan fingerprint density at radius 3 is 2.00 bits per heavy atom. The second kappa shape index (κ2) is 2.72. The normalized spacial score (nSPS) is 67.7. The van der Waals surface area contributed by atoms with Gasteiger partial charge in [-0.1, -0.05) is 48.0 Å². The maximum absolute atomic E-state index is 2.71. The molecule has 0 radical (unpaired) electrons. The van der Waals surface area contributed by atoms with E-state index in [4.69, 9.17) is 0 Å². The van der Waals surface area contributed by atoms with E-state index in [9.17, 15) is 0 Å². The molecule has 0 N–H and O–H groups in total. The summed E-state index contributed by atoms with van der Waals surface area (Å²) in [4.78, 5) is 0. The van der Waals surface area contributed by atoms with Crippen molar-refractivity contribution in [2.75, 3.05) is 0 Å². The Balaban J connectivity index is 1.88. The van der Waals surface area contributed by atoms with E-state index in [-0.39, 0.29) is 0 Å². The van der Waals surface area contributed by atoms with Crippen molar-refractivity contribution >= 4 is 0 Å². The van der Waals surface area contributed by atoms with Gasteiger partial charge in [-0.25, -0.2) is 0 Å². The van der Waals surface area contributed by atoms with Gasteiger partial charge in [0.05, 0.1) is 0 Å². The molecule has 1 spiro atoms. The largest absolute Gasteiger partial charge is 0.0622 e. The van der Waals surface area contributed by atoms with Crippen LogP contribution >= 0.6 is 0 Å². The highest BCUT2D eigenvalue weighted by atomic mass is 15.0. The lowest BCUT2D eigenvalue weighted by Crippen LogP contribution is -2.46. The van der Waals surface area contributed by atoms with Gasteiger partial charge in [0, 0.05) is 0 Å². The van der Waals surface area contributed by atoms with Crippen LogP contribution in [0.2, 0.25) is 0 Å². The molecule has 2 bridgehead atoms.